The van der Waals surface area contributed by atoms with Crippen molar-refractivity contribution in [3.63, 3.8) is 0 Å². The number of fused-ring (bicyclic) bond motifs is 2. The monoisotopic (exact) mass is 220 g/mol. The van der Waals surface area contributed by atoms with Gasteiger partial charge in [-0.3, -0.25) is 4.90 Å². The Morgan fingerprint density at radius 1 is 1.50 bits per heavy atom. The quantitative estimate of drug-likeness (QED) is 0.841. The van der Waals surface area contributed by atoms with Crippen molar-refractivity contribution in [2.45, 2.75) is 38.4 Å². The van der Waals surface area contributed by atoms with Gasteiger partial charge in [-0.1, -0.05) is 0 Å². The van der Waals surface area contributed by atoms with Gasteiger partial charge in [0.2, 0.25) is 0 Å². The van der Waals surface area contributed by atoms with E-state index in [1.165, 1.54) is 31.4 Å². The first-order chi connectivity index (χ1) is 7.86. The molecule has 2 fully saturated rings. The topological polar surface area (TPSA) is 28.4 Å². The second-order valence-corrected chi connectivity index (χ2v) is 5.16. The number of likely N-dealkylation sites (tertiary alicyclic amines) is 1. The summed E-state index contributed by atoms with van der Waals surface area (Å²) in [5, 5.41) is 3.16. The fourth-order valence-electron chi connectivity index (χ4n) is 3.26. The number of rotatable bonds is 4. The smallest absolute Gasteiger partial charge is 0.122 e. The van der Waals surface area contributed by atoms with E-state index >= 15 is 0 Å². The van der Waals surface area contributed by atoms with Gasteiger partial charge in [-0.15, -0.1) is 0 Å². The van der Waals surface area contributed by atoms with Crippen LogP contribution in [0.15, 0.2) is 16.7 Å². The van der Waals surface area contributed by atoms with Crippen molar-refractivity contribution in [3.05, 3.63) is 23.7 Å². The zero-order chi connectivity index (χ0) is 11.0. The van der Waals surface area contributed by atoms with Gasteiger partial charge in [0.05, 0.1) is 12.8 Å². The zero-order valence-electron chi connectivity index (χ0n) is 9.91. The van der Waals surface area contributed by atoms with E-state index in [4.69, 9.17) is 4.42 Å². The van der Waals surface area contributed by atoms with Crippen molar-refractivity contribution in [2.75, 3.05) is 13.6 Å². The largest absolute Gasteiger partial charge is 0.468 e. The van der Waals surface area contributed by atoms with Crippen LogP contribution >= 0.6 is 0 Å². The van der Waals surface area contributed by atoms with Gasteiger partial charge in [-0.05, 0) is 38.3 Å². The molecule has 1 saturated carbocycles. The van der Waals surface area contributed by atoms with E-state index in [0.29, 0.717) is 0 Å². The molecule has 1 aromatic heterocycles. The summed E-state index contributed by atoms with van der Waals surface area (Å²) < 4.78 is 5.51. The Morgan fingerprint density at radius 3 is 3.12 bits per heavy atom. The first-order valence-electron chi connectivity index (χ1n) is 6.30. The highest BCUT2D eigenvalue weighted by Crippen LogP contribution is 2.38. The molecule has 1 aliphatic carbocycles. The summed E-state index contributed by atoms with van der Waals surface area (Å²) in [6.07, 6.45) is 6.11. The van der Waals surface area contributed by atoms with E-state index in [-0.39, 0.29) is 0 Å². The van der Waals surface area contributed by atoms with E-state index in [2.05, 4.69) is 16.3 Å². The van der Waals surface area contributed by atoms with Crippen LogP contribution in [0.3, 0.4) is 0 Å². The number of furan rings is 1. The Labute approximate surface area is 96.8 Å². The average molecular weight is 220 g/mol. The molecule has 1 saturated heterocycles. The summed E-state index contributed by atoms with van der Waals surface area (Å²) in [6.45, 7) is 3.22. The molecule has 2 atom stereocenters. The van der Waals surface area contributed by atoms with Gasteiger partial charge in [-0.25, -0.2) is 0 Å². The normalized spacial score (nSPS) is 29.1. The lowest BCUT2D eigenvalue weighted by atomic mass is 10.1. The molecule has 1 aliphatic heterocycles. The van der Waals surface area contributed by atoms with Crippen LogP contribution in [0.5, 0.6) is 0 Å². The van der Waals surface area contributed by atoms with Crippen LogP contribution < -0.4 is 5.32 Å². The van der Waals surface area contributed by atoms with Crippen LogP contribution in [0.1, 0.15) is 30.6 Å². The Bertz CT molecular complexity index is 361. The molecule has 0 spiro atoms. The van der Waals surface area contributed by atoms with Crippen LogP contribution in [0, 0.1) is 5.92 Å². The van der Waals surface area contributed by atoms with Gasteiger partial charge < -0.3 is 9.73 Å². The molecule has 0 radical (unpaired) electrons. The molecule has 2 bridgehead atoms. The lowest BCUT2D eigenvalue weighted by Crippen LogP contribution is -2.31. The molecule has 2 aliphatic rings. The summed E-state index contributed by atoms with van der Waals surface area (Å²) in [6, 6.07) is 2.97. The van der Waals surface area contributed by atoms with Gasteiger partial charge in [0.1, 0.15) is 5.76 Å². The van der Waals surface area contributed by atoms with Crippen molar-refractivity contribution >= 4 is 0 Å². The van der Waals surface area contributed by atoms with Crippen molar-refractivity contribution < 1.29 is 4.42 Å². The van der Waals surface area contributed by atoms with Gasteiger partial charge in [0.15, 0.2) is 0 Å². The zero-order valence-corrected chi connectivity index (χ0v) is 9.91. The minimum absolute atomic E-state index is 0.838. The third kappa shape index (κ3) is 1.78. The number of nitrogens with zero attached hydrogens (tertiary/aromatic N) is 1. The molecule has 0 aromatic carbocycles. The van der Waals surface area contributed by atoms with Gasteiger partial charge >= 0.3 is 0 Å². The van der Waals surface area contributed by atoms with E-state index in [1.54, 1.807) is 0 Å². The summed E-state index contributed by atoms with van der Waals surface area (Å²) in [4.78, 5) is 2.64. The van der Waals surface area contributed by atoms with Gasteiger partial charge in [0.25, 0.3) is 0 Å². The Hall–Kier alpha value is -0.800. The second-order valence-electron chi connectivity index (χ2n) is 5.16. The molecular weight excluding hydrogens is 200 g/mol. The predicted molar refractivity (Wildman–Crippen MR) is 63.0 cm³/mol. The summed E-state index contributed by atoms with van der Waals surface area (Å²) in [5.74, 6) is 2.08. The molecule has 1 aromatic rings. The van der Waals surface area contributed by atoms with E-state index in [1.807, 2.05) is 13.3 Å². The van der Waals surface area contributed by atoms with Crippen molar-refractivity contribution in [1.82, 2.24) is 10.2 Å². The third-order valence-electron chi connectivity index (χ3n) is 4.07. The molecule has 3 nitrogen and oxygen atoms in total. The second kappa shape index (κ2) is 4.22. The highest BCUT2D eigenvalue weighted by atomic mass is 16.3. The van der Waals surface area contributed by atoms with Crippen molar-refractivity contribution in [2.24, 2.45) is 5.92 Å². The minimum atomic E-state index is 0.838. The maximum atomic E-state index is 5.51. The first-order valence-corrected chi connectivity index (χ1v) is 6.30. The number of hydrogen-bond donors (Lipinski definition) is 1. The van der Waals surface area contributed by atoms with Crippen molar-refractivity contribution in [1.29, 1.82) is 0 Å². The Balaban J connectivity index is 1.67. The number of hydrogen-bond acceptors (Lipinski definition) is 3. The summed E-state index contributed by atoms with van der Waals surface area (Å²) in [7, 11) is 1.96. The van der Waals surface area contributed by atoms with Crippen LogP contribution in [0.4, 0.5) is 0 Å². The third-order valence-corrected chi connectivity index (χ3v) is 4.07. The first kappa shape index (κ1) is 10.4. The SMILES string of the molecule is CNCc1occc1CN1CC2CCC1C2. The fourth-order valence-corrected chi connectivity index (χ4v) is 3.26. The van der Waals surface area contributed by atoms with Gasteiger partial charge in [-0.2, -0.15) is 0 Å². The molecule has 3 heteroatoms. The number of piperidine rings is 1. The van der Waals surface area contributed by atoms with Crippen molar-refractivity contribution in [3.8, 4) is 0 Å². The summed E-state index contributed by atoms with van der Waals surface area (Å²) in [5.41, 5.74) is 1.36. The van der Waals surface area contributed by atoms with Crippen LogP contribution in [0.25, 0.3) is 0 Å². The van der Waals surface area contributed by atoms with Crippen LogP contribution in [-0.2, 0) is 13.1 Å². The lowest BCUT2D eigenvalue weighted by molar-refractivity contribution is 0.204. The molecule has 2 heterocycles. The van der Waals surface area contributed by atoms with E-state index in [0.717, 1.165) is 30.8 Å². The van der Waals surface area contributed by atoms with E-state index < -0.39 is 0 Å². The van der Waals surface area contributed by atoms with Crippen LogP contribution in [-0.4, -0.2) is 24.5 Å². The molecule has 16 heavy (non-hydrogen) atoms. The minimum Gasteiger partial charge on any atom is -0.468 e. The molecule has 0 amide bonds. The molecule has 1 N–H and O–H groups in total. The maximum absolute atomic E-state index is 5.51. The molecular formula is C13H20N2O. The Morgan fingerprint density at radius 2 is 2.44 bits per heavy atom. The highest BCUT2D eigenvalue weighted by Gasteiger charge is 2.37. The molecule has 2 unspecified atom stereocenters. The van der Waals surface area contributed by atoms with E-state index in [9.17, 15) is 0 Å². The average Bonchev–Trinajstić information content (AvgIpc) is 2.96. The van der Waals surface area contributed by atoms with Gasteiger partial charge in [0, 0.05) is 24.7 Å². The highest BCUT2D eigenvalue weighted by molar-refractivity contribution is 5.17. The molecule has 88 valence electrons. The van der Waals surface area contributed by atoms with Crippen LogP contribution in [0.2, 0.25) is 0 Å². The Kier molecular flexibility index (Phi) is 2.74. The fraction of sp³-hybridized carbons (Fsp3) is 0.692. The maximum Gasteiger partial charge on any atom is 0.122 e. The predicted octanol–water partition coefficient (Wildman–Crippen LogP) is 1.98. The summed E-state index contributed by atoms with van der Waals surface area (Å²) >= 11 is 0. The standard InChI is InChI=1S/C13H20N2O/c1-14-7-13-11(4-5-16-13)9-15-8-10-2-3-12(15)6-10/h4-5,10,12,14H,2-3,6-9H2,1H3. The molecule has 3 rings (SSSR count). The number of nitrogens with one attached hydrogen (secondary N) is 1. The lowest BCUT2D eigenvalue weighted by Gasteiger charge is -2.26.